The first-order valence-electron chi connectivity index (χ1n) is 10.5. The minimum atomic E-state index is 0.298. The first-order valence-corrected chi connectivity index (χ1v) is 10.5. The molecule has 2 atom stereocenters. The molecule has 0 spiro atoms. The van der Waals surface area contributed by atoms with Crippen LogP contribution in [-0.2, 0) is 6.54 Å². The van der Waals surface area contributed by atoms with Crippen LogP contribution in [-0.4, -0.2) is 86.4 Å². The number of fused-ring (bicyclic) bond motifs is 1. The highest BCUT2D eigenvalue weighted by Gasteiger charge is 2.33. The van der Waals surface area contributed by atoms with E-state index < -0.39 is 0 Å². The maximum Gasteiger partial charge on any atom is 0.119 e. The van der Waals surface area contributed by atoms with Crippen LogP contribution in [0.25, 0.3) is 10.8 Å². The lowest BCUT2D eigenvalue weighted by atomic mass is 9.96. The van der Waals surface area contributed by atoms with E-state index in [1.807, 2.05) is 6.07 Å². The van der Waals surface area contributed by atoms with Crippen LogP contribution in [0, 0.1) is 11.8 Å². The average Bonchev–Trinajstić information content (AvgIpc) is 3.10. The molecule has 28 heavy (non-hydrogen) atoms. The third-order valence-corrected chi connectivity index (χ3v) is 6.49. The Balaban J connectivity index is 1.39. The number of ether oxygens (including phenoxy) is 1. The molecular weight excluding hydrogens is 350 g/mol. The lowest BCUT2D eigenvalue weighted by molar-refractivity contribution is 0.116. The molecule has 2 aromatic rings. The number of likely N-dealkylation sites (N-methyl/N-ethyl adjacent to an activating group) is 1. The number of aliphatic hydroxyl groups excluding tert-OH is 1. The number of aliphatic hydroxyl groups is 1. The molecule has 0 unspecified atom stereocenters. The maximum atomic E-state index is 9.92. The van der Waals surface area contributed by atoms with E-state index in [4.69, 9.17) is 4.74 Å². The van der Waals surface area contributed by atoms with E-state index in [0.29, 0.717) is 18.4 Å². The Labute approximate surface area is 168 Å². The van der Waals surface area contributed by atoms with Gasteiger partial charge in [-0.25, -0.2) is 0 Å². The summed E-state index contributed by atoms with van der Waals surface area (Å²) in [6, 6.07) is 12.9. The third kappa shape index (κ3) is 4.49. The topological polar surface area (TPSA) is 39.2 Å². The Morgan fingerprint density at radius 3 is 2.39 bits per heavy atom. The van der Waals surface area contributed by atoms with Crippen LogP contribution in [0.5, 0.6) is 5.75 Å². The van der Waals surface area contributed by atoms with Gasteiger partial charge in [-0.3, -0.25) is 4.90 Å². The highest BCUT2D eigenvalue weighted by molar-refractivity contribution is 5.84. The van der Waals surface area contributed by atoms with E-state index in [1.54, 1.807) is 7.11 Å². The molecule has 152 valence electrons. The van der Waals surface area contributed by atoms with Gasteiger partial charge in [-0.15, -0.1) is 0 Å². The van der Waals surface area contributed by atoms with Crippen LogP contribution < -0.4 is 4.74 Å². The molecule has 2 saturated heterocycles. The van der Waals surface area contributed by atoms with Crippen molar-refractivity contribution in [2.45, 2.75) is 6.54 Å². The fourth-order valence-electron chi connectivity index (χ4n) is 4.70. The lowest BCUT2D eigenvalue weighted by Gasteiger charge is -2.34. The van der Waals surface area contributed by atoms with Gasteiger partial charge in [0, 0.05) is 59.0 Å². The predicted octanol–water partition coefficient (Wildman–Crippen LogP) is 2.14. The summed E-state index contributed by atoms with van der Waals surface area (Å²) in [7, 11) is 3.91. The second kappa shape index (κ2) is 8.78. The van der Waals surface area contributed by atoms with Crippen molar-refractivity contribution in [1.29, 1.82) is 0 Å². The minimum absolute atomic E-state index is 0.298. The molecular formula is C23H33N3O2. The van der Waals surface area contributed by atoms with E-state index >= 15 is 0 Å². The summed E-state index contributed by atoms with van der Waals surface area (Å²) in [6.07, 6.45) is 0. The summed E-state index contributed by atoms with van der Waals surface area (Å²) in [5.41, 5.74) is 1.34. The number of nitrogens with zero attached hydrogens (tertiary/aromatic N) is 3. The van der Waals surface area contributed by atoms with Crippen molar-refractivity contribution in [2.75, 3.05) is 66.6 Å². The van der Waals surface area contributed by atoms with Crippen molar-refractivity contribution < 1.29 is 9.84 Å². The van der Waals surface area contributed by atoms with E-state index in [0.717, 1.165) is 58.1 Å². The predicted molar refractivity (Wildman–Crippen MR) is 114 cm³/mol. The zero-order valence-electron chi connectivity index (χ0n) is 17.2. The molecule has 2 fully saturated rings. The maximum absolute atomic E-state index is 9.92. The Morgan fingerprint density at radius 1 is 0.929 bits per heavy atom. The van der Waals surface area contributed by atoms with Crippen LogP contribution >= 0.6 is 0 Å². The highest BCUT2D eigenvalue weighted by atomic mass is 16.5. The van der Waals surface area contributed by atoms with Gasteiger partial charge in [0.1, 0.15) is 5.75 Å². The molecule has 2 aromatic carbocycles. The third-order valence-electron chi connectivity index (χ3n) is 6.49. The summed E-state index contributed by atoms with van der Waals surface area (Å²) in [6.45, 7) is 9.06. The molecule has 2 aliphatic heterocycles. The van der Waals surface area contributed by atoms with Gasteiger partial charge in [-0.2, -0.15) is 0 Å². The van der Waals surface area contributed by atoms with Crippen LogP contribution in [0.3, 0.4) is 0 Å². The van der Waals surface area contributed by atoms with Crippen molar-refractivity contribution in [3.63, 3.8) is 0 Å². The molecule has 0 amide bonds. The van der Waals surface area contributed by atoms with Crippen molar-refractivity contribution in [3.8, 4) is 5.75 Å². The Hall–Kier alpha value is -1.66. The van der Waals surface area contributed by atoms with Gasteiger partial charge >= 0.3 is 0 Å². The highest BCUT2D eigenvalue weighted by Crippen LogP contribution is 2.27. The second-order valence-corrected chi connectivity index (χ2v) is 8.55. The summed E-state index contributed by atoms with van der Waals surface area (Å²) in [5, 5.41) is 12.4. The van der Waals surface area contributed by atoms with Gasteiger partial charge in [0.25, 0.3) is 0 Å². The van der Waals surface area contributed by atoms with E-state index in [-0.39, 0.29) is 0 Å². The quantitative estimate of drug-likeness (QED) is 0.828. The van der Waals surface area contributed by atoms with Crippen LogP contribution in [0.4, 0.5) is 0 Å². The van der Waals surface area contributed by atoms with Crippen LogP contribution in [0.1, 0.15) is 5.56 Å². The largest absolute Gasteiger partial charge is 0.497 e. The van der Waals surface area contributed by atoms with Gasteiger partial charge in [0.15, 0.2) is 0 Å². The van der Waals surface area contributed by atoms with Gasteiger partial charge in [-0.1, -0.05) is 18.2 Å². The van der Waals surface area contributed by atoms with Gasteiger partial charge < -0.3 is 19.6 Å². The number of methoxy groups -OCH3 is 1. The fraction of sp³-hybridized carbons (Fsp3) is 0.565. The summed E-state index contributed by atoms with van der Waals surface area (Å²) in [4.78, 5) is 7.50. The summed E-state index contributed by atoms with van der Waals surface area (Å²) < 4.78 is 5.33. The number of rotatable bonds is 6. The minimum Gasteiger partial charge on any atom is -0.497 e. The zero-order chi connectivity index (χ0) is 19.5. The smallest absolute Gasteiger partial charge is 0.119 e. The Kier molecular flexibility index (Phi) is 6.16. The lowest BCUT2D eigenvalue weighted by Crippen LogP contribution is -2.47. The van der Waals surface area contributed by atoms with Crippen molar-refractivity contribution in [2.24, 2.45) is 11.8 Å². The first kappa shape index (κ1) is 19.6. The molecule has 0 radical (unpaired) electrons. The normalized spacial score (nSPS) is 24.8. The monoisotopic (exact) mass is 383 g/mol. The SMILES string of the molecule is COc1ccc2cc(CN3C[C@@H](CN4CCN(C)CC4)[C@@H](CO)C3)ccc2c1. The average molecular weight is 384 g/mol. The van der Waals surface area contributed by atoms with Crippen molar-refractivity contribution in [3.05, 3.63) is 42.0 Å². The fourth-order valence-corrected chi connectivity index (χ4v) is 4.70. The molecule has 1 N–H and O–H groups in total. The molecule has 2 aliphatic rings. The van der Waals surface area contributed by atoms with Gasteiger partial charge in [0.2, 0.25) is 0 Å². The number of benzene rings is 2. The van der Waals surface area contributed by atoms with E-state index in [2.05, 4.69) is 52.1 Å². The summed E-state index contributed by atoms with van der Waals surface area (Å²) >= 11 is 0. The number of hydrogen-bond acceptors (Lipinski definition) is 5. The number of hydrogen-bond donors (Lipinski definition) is 1. The standard InChI is InChI=1S/C23H33N3O2/c1-24-7-9-25(10-8-24)14-21-15-26(16-22(21)17-27)13-18-3-4-20-12-23(28-2)6-5-19(20)11-18/h3-6,11-12,21-22,27H,7-10,13-17H2,1-2H3/t21-,22-/m1/s1. The molecule has 2 heterocycles. The van der Waals surface area contributed by atoms with Crippen LogP contribution in [0.15, 0.2) is 36.4 Å². The first-order chi connectivity index (χ1) is 13.6. The Bertz CT molecular complexity index is 789. The molecule has 0 saturated carbocycles. The molecule has 5 heteroatoms. The molecule has 0 bridgehead atoms. The second-order valence-electron chi connectivity index (χ2n) is 8.55. The zero-order valence-corrected chi connectivity index (χ0v) is 17.2. The van der Waals surface area contributed by atoms with Crippen LogP contribution in [0.2, 0.25) is 0 Å². The summed E-state index contributed by atoms with van der Waals surface area (Å²) in [5.74, 6) is 1.86. The molecule has 5 nitrogen and oxygen atoms in total. The van der Waals surface area contributed by atoms with Gasteiger partial charge in [-0.05, 0) is 53.4 Å². The van der Waals surface area contributed by atoms with E-state index in [9.17, 15) is 5.11 Å². The van der Waals surface area contributed by atoms with Crippen molar-refractivity contribution in [1.82, 2.24) is 14.7 Å². The Morgan fingerprint density at radius 2 is 1.64 bits per heavy atom. The molecule has 4 rings (SSSR count). The number of piperazine rings is 1. The molecule has 0 aliphatic carbocycles. The van der Waals surface area contributed by atoms with Crippen molar-refractivity contribution >= 4 is 10.8 Å². The molecule has 0 aromatic heterocycles. The van der Waals surface area contributed by atoms with E-state index in [1.165, 1.54) is 16.3 Å². The van der Waals surface area contributed by atoms with Gasteiger partial charge in [0.05, 0.1) is 7.11 Å². The number of likely N-dealkylation sites (tertiary alicyclic amines) is 1.